The first-order valence-corrected chi connectivity index (χ1v) is 10.8. The van der Waals surface area contributed by atoms with Gasteiger partial charge in [0.1, 0.15) is 6.61 Å². The number of hydrogen-bond donors (Lipinski definition) is 1. The molecule has 0 unspecified atom stereocenters. The van der Waals surface area contributed by atoms with Crippen molar-refractivity contribution in [3.05, 3.63) is 36.4 Å². The molecule has 2 aliphatic rings. The summed E-state index contributed by atoms with van der Waals surface area (Å²) in [5.41, 5.74) is 8.31. The average molecular weight is 425 g/mol. The lowest BCUT2D eigenvalue weighted by molar-refractivity contribution is -0.137. The summed E-state index contributed by atoms with van der Waals surface area (Å²) in [5.74, 6) is 0.620. The normalized spacial score (nSPS) is 19.1. The van der Waals surface area contributed by atoms with Gasteiger partial charge in [0, 0.05) is 73.9 Å². The quantitative estimate of drug-likeness (QED) is 0.669. The predicted octanol–water partition coefficient (Wildman–Crippen LogP) is 1.47. The minimum atomic E-state index is -0.00640. The van der Waals surface area contributed by atoms with E-state index in [1.807, 2.05) is 23.2 Å². The smallest absolute Gasteiger partial charge is 0.248 e. The minimum absolute atomic E-state index is 0.00640. The van der Waals surface area contributed by atoms with E-state index >= 15 is 0 Å². The van der Waals surface area contributed by atoms with Gasteiger partial charge in [-0.2, -0.15) is 0 Å². The number of nitrogen functional groups attached to an aromatic ring is 1. The number of piperidine rings is 1. The minimum Gasteiger partial charge on any atom is -0.370 e. The lowest BCUT2D eigenvalue weighted by atomic mass is 9.93. The number of likely N-dealkylation sites (tertiary alicyclic amines) is 2. The van der Waals surface area contributed by atoms with Gasteiger partial charge in [-0.05, 0) is 25.3 Å². The topological polar surface area (TPSA) is 115 Å². The van der Waals surface area contributed by atoms with Crippen LogP contribution in [0.5, 0.6) is 0 Å². The highest BCUT2D eigenvalue weighted by Gasteiger charge is 2.26. The SMILES string of the molecule is Nc1ncc(-c2ccc([C@@H]3CCCN(C(=O)COCCN4CCCC4=O)C3)nc2)cn1. The van der Waals surface area contributed by atoms with Gasteiger partial charge < -0.3 is 20.3 Å². The molecule has 2 aromatic heterocycles. The van der Waals surface area contributed by atoms with E-state index in [4.69, 9.17) is 10.5 Å². The van der Waals surface area contributed by atoms with Crippen molar-refractivity contribution in [1.82, 2.24) is 24.8 Å². The van der Waals surface area contributed by atoms with Crippen LogP contribution < -0.4 is 5.73 Å². The molecule has 2 aromatic rings. The molecule has 2 aliphatic heterocycles. The third kappa shape index (κ3) is 5.35. The Morgan fingerprint density at radius 1 is 1.10 bits per heavy atom. The Labute approximate surface area is 181 Å². The van der Waals surface area contributed by atoms with Crippen LogP contribution in [0.3, 0.4) is 0 Å². The fourth-order valence-electron chi connectivity index (χ4n) is 4.12. The molecule has 2 fully saturated rings. The molecular formula is C22H28N6O3. The molecule has 0 saturated carbocycles. The molecule has 2 amide bonds. The van der Waals surface area contributed by atoms with Crippen molar-refractivity contribution in [1.29, 1.82) is 0 Å². The summed E-state index contributed by atoms with van der Waals surface area (Å²) in [6.45, 7) is 3.18. The van der Waals surface area contributed by atoms with Crippen molar-refractivity contribution >= 4 is 17.8 Å². The summed E-state index contributed by atoms with van der Waals surface area (Å²) >= 11 is 0. The molecule has 9 heteroatoms. The Morgan fingerprint density at radius 2 is 1.90 bits per heavy atom. The monoisotopic (exact) mass is 424 g/mol. The Hall–Kier alpha value is -3.07. The third-order valence-corrected chi connectivity index (χ3v) is 5.89. The number of ether oxygens (including phenoxy) is 1. The van der Waals surface area contributed by atoms with E-state index in [2.05, 4.69) is 15.0 Å². The Balaban J connectivity index is 1.27. The molecule has 0 aliphatic carbocycles. The molecular weight excluding hydrogens is 396 g/mol. The summed E-state index contributed by atoms with van der Waals surface area (Å²) < 4.78 is 5.55. The Morgan fingerprint density at radius 3 is 2.61 bits per heavy atom. The van der Waals surface area contributed by atoms with Gasteiger partial charge in [0.2, 0.25) is 17.8 Å². The van der Waals surface area contributed by atoms with Crippen molar-refractivity contribution in [2.75, 3.05) is 45.1 Å². The van der Waals surface area contributed by atoms with Gasteiger partial charge in [0.05, 0.1) is 6.61 Å². The number of rotatable bonds is 7. The van der Waals surface area contributed by atoms with Gasteiger partial charge in [-0.1, -0.05) is 6.07 Å². The van der Waals surface area contributed by atoms with Crippen molar-refractivity contribution in [2.45, 2.75) is 31.6 Å². The second kappa shape index (κ2) is 9.82. The molecule has 0 aromatic carbocycles. The summed E-state index contributed by atoms with van der Waals surface area (Å²) in [6, 6.07) is 4.01. The van der Waals surface area contributed by atoms with E-state index in [1.165, 1.54) is 0 Å². The van der Waals surface area contributed by atoms with Crippen LogP contribution >= 0.6 is 0 Å². The highest BCUT2D eigenvalue weighted by molar-refractivity contribution is 5.78. The highest BCUT2D eigenvalue weighted by atomic mass is 16.5. The molecule has 2 saturated heterocycles. The second-order valence-electron chi connectivity index (χ2n) is 8.02. The molecule has 0 spiro atoms. The van der Waals surface area contributed by atoms with Crippen LogP contribution in [-0.4, -0.2) is 76.0 Å². The molecule has 4 heterocycles. The van der Waals surface area contributed by atoms with Crippen molar-refractivity contribution < 1.29 is 14.3 Å². The number of amides is 2. The van der Waals surface area contributed by atoms with Crippen molar-refractivity contribution in [3.63, 3.8) is 0 Å². The lowest BCUT2D eigenvalue weighted by Gasteiger charge is -2.32. The fourth-order valence-corrected chi connectivity index (χ4v) is 4.12. The number of anilines is 1. The maximum absolute atomic E-state index is 12.6. The first-order chi connectivity index (χ1) is 15.1. The number of nitrogens with two attached hydrogens (primary N) is 1. The molecule has 164 valence electrons. The molecule has 0 radical (unpaired) electrons. The molecule has 2 N–H and O–H groups in total. The first kappa shape index (κ1) is 21.2. The average Bonchev–Trinajstić information content (AvgIpc) is 3.22. The molecule has 0 bridgehead atoms. The maximum atomic E-state index is 12.6. The highest BCUT2D eigenvalue weighted by Crippen LogP contribution is 2.27. The summed E-state index contributed by atoms with van der Waals surface area (Å²) in [7, 11) is 0. The van der Waals surface area contributed by atoms with Crippen LogP contribution in [0.2, 0.25) is 0 Å². The lowest BCUT2D eigenvalue weighted by Crippen LogP contribution is -2.41. The van der Waals surface area contributed by atoms with Crippen LogP contribution in [0, 0.1) is 0 Å². The molecule has 4 rings (SSSR count). The number of carbonyl (C=O) groups is 2. The number of aromatic nitrogens is 3. The van der Waals surface area contributed by atoms with Crippen LogP contribution in [0.4, 0.5) is 5.95 Å². The van der Waals surface area contributed by atoms with Crippen LogP contribution in [-0.2, 0) is 14.3 Å². The van der Waals surface area contributed by atoms with Crippen LogP contribution in [0.25, 0.3) is 11.1 Å². The fraction of sp³-hybridized carbons (Fsp3) is 0.500. The number of hydrogen-bond acceptors (Lipinski definition) is 7. The zero-order chi connectivity index (χ0) is 21.6. The Kier molecular flexibility index (Phi) is 6.71. The predicted molar refractivity (Wildman–Crippen MR) is 115 cm³/mol. The van der Waals surface area contributed by atoms with Gasteiger partial charge in [-0.25, -0.2) is 9.97 Å². The zero-order valence-corrected chi connectivity index (χ0v) is 17.6. The zero-order valence-electron chi connectivity index (χ0n) is 17.6. The summed E-state index contributed by atoms with van der Waals surface area (Å²) in [6.07, 6.45) is 8.65. The number of nitrogens with zero attached hydrogens (tertiary/aromatic N) is 5. The van der Waals surface area contributed by atoms with E-state index in [0.717, 1.165) is 49.2 Å². The molecule has 31 heavy (non-hydrogen) atoms. The van der Waals surface area contributed by atoms with E-state index < -0.39 is 0 Å². The maximum Gasteiger partial charge on any atom is 0.248 e. The number of carbonyl (C=O) groups excluding carboxylic acids is 2. The van der Waals surface area contributed by atoms with Crippen molar-refractivity contribution in [2.24, 2.45) is 0 Å². The van der Waals surface area contributed by atoms with Gasteiger partial charge in [0.25, 0.3) is 0 Å². The van der Waals surface area contributed by atoms with Gasteiger partial charge >= 0.3 is 0 Å². The van der Waals surface area contributed by atoms with Crippen LogP contribution in [0.15, 0.2) is 30.7 Å². The van der Waals surface area contributed by atoms with Crippen molar-refractivity contribution in [3.8, 4) is 11.1 Å². The van der Waals surface area contributed by atoms with E-state index in [-0.39, 0.29) is 30.3 Å². The van der Waals surface area contributed by atoms with Crippen LogP contribution in [0.1, 0.15) is 37.3 Å². The van der Waals surface area contributed by atoms with E-state index in [0.29, 0.717) is 26.1 Å². The van der Waals surface area contributed by atoms with Gasteiger partial charge in [-0.15, -0.1) is 0 Å². The first-order valence-electron chi connectivity index (χ1n) is 10.8. The van der Waals surface area contributed by atoms with Gasteiger partial charge in [-0.3, -0.25) is 14.6 Å². The molecule has 1 atom stereocenters. The standard InChI is InChI=1S/C22H28N6O3/c23-22-25-12-18(13-26-22)16-5-6-19(24-11-16)17-3-1-8-28(14-17)21(30)15-31-10-9-27-7-2-4-20(27)29/h5-6,11-13,17H,1-4,7-10,14-15H2,(H2,23,25,26)/t17-/m1/s1. The molecule has 9 nitrogen and oxygen atoms in total. The summed E-state index contributed by atoms with van der Waals surface area (Å²) in [4.78, 5) is 40.5. The second-order valence-corrected chi connectivity index (χ2v) is 8.02. The summed E-state index contributed by atoms with van der Waals surface area (Å²) in [5, 5.41) is 0. The largest absolute Gasteiger partial charge is 0.370 e. The van der Waals surface area contributed by atoms with Gasteiger partial charge in [0.15, 0.2) is 0 Å². The Bertz CT molecular complexity index is 902. The third-order valence-electron chi connectivity index (χ3n) is 5.89. The van der Waals surface area contributed by atoms with E-state index in [9.17, 15) is 9.59 Å². The van der Waals surface area contributed by atoms with E-state index in [1.54, 1.807) is 17.3 Å². The number of pyridine rings is 1.